The van der Waals surface area contributed by atoms with E-state index in [9.17, 15) is 13.5 Å². The molecule has 1 aliphatic heterocycles. The van der Waals surface area contributed by atoms with E-state index in [1.807, 2.05) is 0 Å². The molecule has 120 valence electrons. The molecule has 0 aromatic carbocycles. The van der Waals surface area contributed by atoms with Crippen molar-refractivity contribution in [1.29, 1.82) is 0 Å². The summed E-state index contributed by atoms with van der Waals surface area (Å²) in [4.78, 5) is 2.22. The Morgan fingerprint density at radius 3 is 2.90 bits per heavy atom. The predicted octanol–water partition coefficient (Wildman–Crippen LogP) is 1.99. The zero-order chi connectivity index (χ0) is 15.3. The molecule has 0 radical (unpaired) electrons. The van der Waals surface area contributed by atoms with Gasteiger partial charge >= 0.3 is 0 Å². The van der Waals surface area contributed by atoms with Crippen molar-refractivity contribution in [3.63, 3.8) is 0 Å². The van der Waals surface area contributed by atoms with Crippen LogP contribution in [-0.4, -0.2) is 49.6 Å². The Kier molecular flexibility index (Phi) is 5.84. The molecular formula is C15H25NO4S. The second-order valence-corrected chi connectivity index (χ2v) is 8.20. The Bertz CT molecular complexity index is 512. The van der Waals surface area contributed by atoms with Crippen molar-refractivity contribution in [2.24, 2.45) is 0 Å². The molecule has 0 spiro atoms. The van der Waals surface area contributed by atoms with Gasteiger partial charge in [-0.2, -0.15) is 0 Å². The monoisotopic (exact) mass is 315 g/mol. The lowest BCUT2D eigenvalue weighted by Gasteiger charge is -2.30. The summed E-state index contributed by atoms with van der Waals surface area (Å²) in [6.07, 6.45) is 7.21. The van der Waals surface area contributed by atoms with Crippen molar-refractivity contribution in [2.45, 2.75) is 44.2 Å². The van der Waals surface area contributed by atoms with Crippen LogP contribution in [0.2, 0.25) is 0 Å². The highest BCUT2D eigenvalue weighted by molar-refractivity contribution is 7.90. The van der Waals surface area contributed by atoms with Gasteiger partial charge in [-0.15, -0.1) is 0 Å². The van der Waals surface area contributed by atoms with Crippen molar-refractivity contribution < 1.29 is 17.9 Å². The van der Waals surface area contributed by atoms with Gasteiger partial charge in [-0.3, -0.25) is 4.90 Å². The summed E-state index contributed by atoms with van der Waals surface area (Å²) in [6.45, 7) is 1.46. The van der Waals surface area contributed by atoms with Gasteiger partial charge in [0, 0.05) is 18.8 Å². The van der Waals surface area contributed by atoms with Crippen LogP contribution >= 0.6 is 0 Å². The number of sulfone groups is 1. The van der Waals surface area contributed by atoms with Crippen molar-refractivity contribution >= 4 is 9.84 Å². The third-order valence-corrected chi connectivity index (χ3v) is 5.04. The number of hydrogen-bond donors (Lipinski definition) is 1. The van der Waals surface area contributed by atoms with Crippen LogP contribution in [0.5, 0.6) is 0 Å². The Balaban J connectivity index is 1.98. The van der Waals surface area contributed by atoms with E-state index in [2.05, 4.69) is 4.90 Å². The topological polar surface area (TPSA) is 70.8 Å². The van der Waals surface area contributed by atoms with Crippen molar-refractivity contribution in [2.75, 3.05) is 25.1 Å². The first-order chi connectivity index (χ1) is 9.96. The first-order valence-electron chi connectivity index (χ1n) is 7.59. The molecule has 0 saturated carbocycles. The Hall–Kier alpha value is -0.850. The molecule has 1 N–H and O–H groups in total. The molecule has 6 heteroatoms. The van der Waals surface area contributed by atoms with E-state index < -0.39 is 15.9 Å². The fourth-order valence-corrected chi connectivity index (χ4v) is 3.50. The first-order valence-corrected chi connectivity index (χ1v) is 9.65. The van der Waals surface area contributed by atoms with Crippen molar-refractivity contribution in [1.82, 2.24) is 4.90 Å². The van der Waals surface area contributed by atoms with E-state index in [1.165, 1.54) is 12.7 Å². The first kappa shape index (κ1) is 16.5. The summed E-state index contributed by atoms with van der Waals surface area (Å²) in [5, 5.41) is 10.3. The molecule has 5 nitrogen and oxygen atoms in total. The van der Waals surface area contributed by atoms with Gasteiger partial charge in [0.25, 0.3) is 0 Å². The molecule has 2 heterocycles. The quantitative estimate of drug-likeness (QED) is 0.869. The van der Waals surface area contributed by atoms with Gasteiger partial charge in [0.15, 0.2) is 0 Å². The SMILES string of the molecule is CS(=O)(=O)CCN1CCCCC[C@H]1C[C@H](O)c1ccco1. The van der Waals surface area contributed by atoms with Gasteiger partial charge < -0.3 is 9.52 Å². The minimum atomic E-state index is -2.95. The van der Waals surface area contributed by atoms with Crippen LogP contribution in [-0.2, 0) is 9.84 Å². The third kappa shape index (κ3) is 5.45. The van der Waals surface area contributed by atoms with E-state index in [0.29, 0.717) is 18.7 Å². The number of furan rings is 1. The number of likely N-dealkylation sites (tertiary alicyclic amines) is 1. The zero-order valence-corrected chi connectivity index (χ0v) is 13.4. The maximum Gasteiger partial charge on any atom is 0.148 e. The van der Waals surface area contributed by atoms with Crippen LogP contribution < -0.4 is 0 Å². The lowest BCUT2D eigenvalue weighted by atomic mass is 10.0. The van der Waals surface area contributed by atoms with Gasteiger partial charge in [-0.1, -0.05) is 12.8 Å². The van der Waals surface area contributed by atoms with Crippen LogP contribution in [0.4, 0.5) is 0 Å². The second kappa shape index (κ2) is 7.42. The highest BCUT2D eigenvalue weighted by Gasteiger charge is 2.25. The number of aliphatic hydroxyl groups is 1. The zero-order valence-electron chi connectivity index (χ0n) is 12.6. The molecule has 2 rings (SSSR count). The van der Waals surface area contributed by atoms with Crippen LogP contribution in [0, 0.1) is 0 Å². The summed E-state index contributed by atoms with van der Waals surface area (Å²) in [6, 6.07) is 3.77. The molecular weight excluding hydrogens is 290 g/mol. The van der Waals surface area contributed by atoms with E-state index in [-0.39, 0.29) is 11.8 Å². The van der Waals surface area contributed by atoms with Crippen LogP contribution in [0.3, 0.4) is 0 Å². The predicted molar refractivity (Wildman–Crippen MR) is 81.8 cm³/mol. The summed E-state index contributed by atoms with van der Waals surface area (Å²) in [7, 11) is -2.95. The molecule has 1 aromatic rings. The molecule has 1 aromatic heterocycles. The van der Waals surface area contributed by atoms with E-state index >= 15 is 0 Å². The lowest BCUT2D eigenvalue weighted by molar-refractivity contribution is 0.0889. The summed E-state index contributed by atoms with van der Waals surface area (Å²) in [5.41, 5.74) is 0. The molecule has 2 atom stereocenters. The summed E-state index contributed by atoms with van der Waals surface area (Å²) < 4.78 is 28.0. The smallest absolute Gasteiger partial charge is 0.148 e. The van der Waals surface area contributed by atoms with Gasteiger partial charge in [0.1, 0.15) is 21.7 Å². The van der Waals surface area contributed by atoms with Crippen molar-refractivity contribution in [3.05, 3.63) is 24.2 Å². The normalized spacial score (nSPS) is 22.9. The molecule has 1 aliphatic rings. The highest BCUT2D eigenvalue weighted by Crippen LogP contribution is 2.26. The van der Waals surface area contributed by atoms with Gasteiger partial charge in [0.2, 0.25) is 0 Å². The summed E-state index contributed by atoms with van der Waals surface area (Å²) in [5.74, 6) is 0.766. The van der Waals surface area contributed by atoms with Gasteiger partial charge in [-0.05, 0) is 37.9 Å². The number of rotatable bonds is 6. The molecule has 0 amide bonds. The standard InChI is InChI=1S/C15H25NO4S/c1-21(18,19)11-9-16-8-4-2-3-6-13(16)12-14(17)15-7-5-10-20-15/h5,7,10,13-14,17H,2-4,6,8-9,11-12H2,1H3/t13-,14-/m0/s1. The van der Waals surface area contributed by atoms with Gasteiger partial charge in [-0.25, -0.2) is 8.42 Å². The Morgan fingerprint density at radius 2 is 2.24 bits per heavy atom. The van der Waals surface area contributed by atoms with Crippen LogP contribution in [0.25, 0.3) is 0 Å². The average Bonchev–Trinajstić information content (AvgIpc) is 2.85. The van der Waals surface area contributed by atoms with Crippen molar-refractivity contribution in [3.8, 4) is 0 Å². The maximum absolute atomic E-state index is 11.4. The number of hydrogen-bond acceptors (Lipinski definition) is 5. The number of aliphatic hydroxyl groups excluding tert-OH is 1. The molecule has 0 aliphatic carbocycles. The molecule has 1 fully saturated rings. The van der Waals surface area contributed by atoms with E-state index in [0.717, 1.165) is 25.8 Å². The molecule has 21 heavy (non-hydrogen) atoms. The maximum atomic E-state index is 11.4. The highest BCUT2D eigenvalue weighted by atomic mass is 32.2. The van der Waals surface area contributed by atoms with Gasteiger partial charge in [0.05, 0.1) is 12.0 Å². The Morgan fingerprint density at radius 1 is 1.43 bits per heavy atom. The molecule has 1 saturated heterocycles. The van der Waals surface area contributed by atoms with Crippen LogP contribution in [0.15, 0.2) is 22.8 Å². The van der Waals surface area contributed by atoms with Crippen LogP contribution in [0.1, 0.15) is 44.0 Å². The second-order valence-electron chi connectivity index (χ2n) is 5.94. The third-order valence-electron chi connectivity index (χ3n) is 4.12. The fraction of sp³-hybridized carbons (Fsp3) is 0.733. The number of nitrogens with zero attached hydrogens (tertiary/aromatic N) is 1. The minimum absolute atomic E-state index is 0.181. The van der Waals surface area contributed by atoms with E-state index in [4.69, 9.17) is 4.42 Å². The van der Waals surface area contributed by atoms with E-state index in [1.54, 1.807) is 18.4 Å². The largest absolute Gasteiger partial charge is 0.467 e. The average molecular weight is 315 g/mol. The molecule has 0 unspecified atom stereocenters. The Labute approximate surface area is 126 Å². The fourth-order valence-electron chi connectivity index (χ4n) is 2.94. The summed E-state index contributed by atoms with van der Waals surface area (Å²) >= 11 is 0. The molecule has 0 bridgehead atoms. The minimum Gasteiger partial charge on any atom is -0.467 e. The lowest BCUT2D eigenvalue weighted by Crippen LogP contribution is -2.39.